The molecule has 10 nitrogen and oxygen atoms in total. The van der Waals surface area contributed by atoms with E-state index in [4.69, 9.17) is 9.15 Å². The standard InChI is InChI=1S/C19H20N4O6S2/c1-4-22(5-2)31(26,27)13-10-11-17(15(12-13)23(24)25)30-19-21-20-18(29-19)14-8-6-7-9-16(14)28-3/h6-12H,4-5H2,1-3H3. The van der Waals surface area contributed by atoms with Crippen molar-refractivity contribution in [2.75, 3.05) is 20.2 Å². The van der Waals surface area contributed by atoms with Crippen LogP contribution in [0.15, 0.2) is 61.9 Å². The van der Waals surface area contributed by atoms with Crippen LogP contribution in [0.25, 0.3) is 11.5 Å². The maximum Gasteiger partial charge on any atom is 0.284 e. The maximum absolute atomic E-state index is 12.7. The van der Waals surface area contributed by atoms with Crippen LogP contribution in [0.5, 0.6) is 5.75 Å². The van der Waals surface area contributed by atoms with Crippen LogP contribution < -0.4 is 4.74 Å². The van der Waals surface area contributed by atoms with Crippen LogP contribution in [0.4, 0.5) is 5.69 Å². The molecule has 12 heteroatoms. The molecular formula is C19H20N4O6S2. The molecule has 0 fully saturated rings. The summed E-state index contributed by atoms with van der Waals surface area (Å²) in [5, 5.41) is 19.6. The van der Waals surface area contributed by atoms with Crippen LogP contribution in [0, 0.1) is 10.1 Å². The Kier molecular flexibility index (Phi) is 6.93. The quantitative estimate of drug-likeness (QED) is 0.342. The van der Waals surface area contributed by atoms with Crippen molar-refractivity contribution in [2.45, 2.75) is 28.9 Å². The second-order valence-corrected chi connectivity index (χ2v) is 9.08. The fourth-order valence-electron chi connectivity index (χ4n) is 2.87. The lowest BCUT2D eigenvalue weighted by atomic mass is 10.2. The molecule has 0 aliphatic rings. The summed E-state index contributed by atoms with van der Waals surface area (Å²) in [5.41, 5.74) is 0.217. The van der Waals surface area contributed by atoms with Gasteiger partial charge in [0, 0.05) is 19.2 Å². The Hall–Kier alpha value is -2.96. The number of sulfonamides is 1. The van der Waals surface area contributed by atoms with Gasteiger partial charge in [0.2, 0.25) is 10.0 Å². The summed E-state index contributed by atoms with van der Waals surface area (Å²) in [6, 6.07) is 10.8. The number of rotatable bonds is 9. The van der Waals surface area contributed by atoms with Crippen LogP contribution in [0.1, 0.15) is 13.8 Å². The van der Waals surface area contributed by atoms with Gasteiger partial charge in [0.05, 0.1) is 27.4 Å². The first-order chi connectivity index (χ1) is 14.8. The highest BCUT2D eigenvalue weighted by Crippen LogP contribution is 2.38. The average molecular weight is 465 g/mol. The molecule has 0 N–H and O–H groups in total. The number of para-hydroxylation sites is 1. The van der Waals surface area contributed by atoms with E-state index in [2.05, 4.69) is 10.2 Å². The van der Waals surface area contributed by atoms with Crippen molar-refractivity contribution in [2.24, 2.45) is 0 Å². The molecule has 0 atom stereocenters. The lowest BCUT2D eigenvalue weighted by Gasteiger charge is -2.18. The third-order valence-corrected chi connectivity index (χ3v) is 7.36. The first-order valence-electron chi connectivity index (χ1n) is 9.25. The number of nitro groups is 1. The molecule has 3 aromatic rings. The SMILES string of the molecule is CCN(CC)S(=O)(=O)c1ccc(Sc2nnc(-c3ccccc3OC)o2)c([N+](=O)[O-])c1. The lowest BCUT2D eigenvalue weighted by Crippen LogP contribution is -2.30. The number of hydrogen-bond donors (Lipinski definition) is 0. The Morgan fingerprint density at radius 2 is 1.87 bits per heavy atom. The van der Waals surface area contributed by atoms with Crippen molar-refractivity contribution in [1.29, 1.82) is 0 Å². The highest BCUT2D eigenvalue weighted by Gasteiger charge is 2.27. The summed E-state index contributed by atoms with van der Waals surface area (Å²) in [4.78, 5) is 11.0. The molecule has 0 saturated carbocycles. The van der Waals surface area contributed by atoms with Gasteiger partial charge in [0.25, 0.3) is 16.8 Å². The molecule has 0 amide bonds. The zero-order valence-corrected chi connectivity index (χ0v) is 18.6. The number of hydrogen-bond acceptors (Lipinski definition) is 9. The van der Waals surface area contributed by atoms with Gasteiger partial charge in [0.15, 0.2) is 0 Å². The normalized spacial score (nSPS) is 11.6. The fourth-order valence-corrected chi connectivity index (χ4v) is 5.12. The number of nitro benzene ring substituents is 1. The van der Waals surface area contributed by atoms with E-state index in [1.807, 2.05) is 0 Å². The summed E-state index contributed by atoms with van der Waals surface area (Å²) >= 11 is 0.880. The van der Waals surface area contributed by atoms with Gasteiger partial charge in [-0.15, -0.1) is 10.2 Å². The monoisotopic (exact) mass is 464 g/mol. The Bertz CT molecular complexity index is 1190. The average Bonchev–Trinajstić information content (AvgIpc) is 3.22. The summed E-state index contributed by atoms with van der Waals surface area (Å²) in [6.07, 6.45) is 0. The fraction of sp³-hybridized carbons (Fsp3) is 0.263. The number of methoxy groups -OCH3 is 1. The molecule has 0 spiro atoms. The van der Waals surface area contributed by atoms with E-state index in [1.165, 1.54) is 23.5 Å². The number of ether oxygens (including phenoxy) is 1. The predicted octanol–water partition coefficient (Wildman–Crippen LogP) is 3.84. The molecule has 0 aliphatic carbocycles. The van der Waals surface area contributed by atoms with E-state index in [0.717, 1.165) is 17.8 Å². The molecule has 0 bridgehead atoms. The summed E-state index contributed by atoms with van der Waals surface area (Å²) in [5.74, 6) is 0.739. The van der Waals surface area contributed by atoms with E-state index >= 15 is 0 Å². The maximum atomic E-state index is 12.7. The molecule has 1 aromatic heterocycles. The van der Waals surface area contributed by atoms with Crippen LogP contribution in [0.3, 0.4) is 0 Å². The number of benzene rings is 2. The number of aromatic nitrogens is 2. The van der Waals surface area contributed by atoms with Gasteiger partial charge < -0.3 is 9.15 Å². The summed E-state index contributed by atoms with van der Waals surface area (Å²) < 4.78 is 37.5. The molecule has 1 heterocycles. The second kappa shape index (κ2) is 9.45. The van der Waals surface area contributed by atoms with Crippen molar-refractivity contribution >= 4 is 27.5 Å². The molecule has 3 rings (SSSR count). The van der Waals surface area contributed by atoms with Crippen LogP contribution in [0.2, 0.25) is 0 Å². The smallest absolute Gasteiger partial charge is 0.284 e. The Balaban J connectivity index is 1.94. The first kappa shape index (κ1) is 22.7. The van der Waals surface area contributed by atoms with Crippen molar-refractivity contribution in [3.63, 3.8) is 0 Å². The lowest BCUT2D eigenvalue weighted by molar-refractivity contribution is -0.388. The minimum absolute atomic E-state index is 0.0726. The first-order valence-corrected chi connectivity index (χ1v) is 11.5. The van der Waals surface area contributed by atoms with E-state index in [1.54, 1.807) is 38.1 Å². The Morgan fingerprint density at radius 1 is 1.16 bits per heavy atom. The zero-order valence-electron chi connectivity index (χ0n) is 17.0. The molecule has 31 heavy (non-hydrogen) atoms. The van der Waals surface area contributed by atoms with Gasteiger partial charge in [-0.3, -0.25) is 10.1 Å². The topological polar surface area (TPSA) is 129 Å². The van der Waals surface area contributed by atoms with E-state index in [9.17, 15) is 18.5 Å². The van der Waals surface area contributed by atoms with E-state index < -0.39 is 14.9 Å². The van der Waals surface area contributed by atoms with Gasteiger partial charge in [-0.1, -0.05) is 26.0 Å². The predicted molar refractivity (Wildman–Crippen MR) is 114 cm³/mol. The largest absolute Gasteiger partial charge is 0.496 e. The highest BCUT2D eigenvalue weighted by molar-refractivity contribution is 7.99. The van der Waals surface area contributed by atoms with Crippen molar-refractivity contribution in [3.8, 4) is 17.2 Å². The molecule has 0 saturated heterocycles. The van der Waals surface area contributed by atoms with Gasteiger partial charge in [0.1, 0.15) is 5.75 Å². The molecule has 0 unspecified atom stereocenters. The summed E-state index contributed by atoms with van der Waals surface area (Å²) in [6.45, 7) is 3.93. The molecule has 0 radical (unpaired) electrons. The Labute approximate surface area is 183 Å². The van der Waals surface area contributed by atoms with Crippen molar-refractivity contribution in [3.05, 3.63) is 52.6 Å². The van der Waals surface area contributed by atoms with E-state index in [0.29, 0.717) is 11.3 Å². The minimum Gasteiger partial charge on any atom is -0.496 e. The number of nitrogens with zero attached hydrogens (tertiary/aromatic N) is 4. The molecule has 0 aliphatic heterocycles. The molecule has 2 aromatic carbocycles. The third kappa shape index (κ3) is 4.70. The van der Waals surface area contributed by atoms with Crippen molar-refractivity contribution in [1.82, 2.24) is 14.5 Å². The molecular weight excluding hydrogens is 444 g/mol. The third-order valence-electron chi connectivity index (χ3n) is 4.41. The molecule has 164 valence electrons. The van der Waals surface area contributed by atoms with E-state index in [-0.39, 0.29) is 39.7 Å². The van der Waals surface area contributed by atoms with Gasteiger partial charge >= 0.3 is 0 Å². The summed E-state index contributed by atoms with van der Waals surface area (Å²) in [7, 11) is -2.32. The van der Waals surface area contributed by atoms with Gasteiger partial charge in [-0.2, -0.15) is 4.31 Å². The van der Waals surface area contributed by atoms with Crippen LogP contribution >= 0.6 is 11.8 Å². The van der Waals surface area contributed by atoms with Gasteiger partial charge in [-0.25, -0.2) is 8.42 Å². The minimum atomic E-state index is -3.83. The Morgan fingerprint density at radius 3 is 2.52 bits per heavy atom. The van der Waals surface area contributed by atoms with Crippen molar-refractivity contribution < 1.29 is 22.5 Å². The van der Waals surface area contributed by atoms with Crippen LogP contribution in [-0.2, 0) is 10.0 Å². The highest BCUT2D eigenvalue weighted by atomic mass is 32.2. The van der Waals surface area contributed by atoms with Crippen LogP contribution in [-0.4, -0.2) is 48.0 Å². The van der Waals surface area contributed by atoms with Gasteiger partial charge in [-0.05, 0) is 36.0 Å². The second-order valence-electron chi connectivity index (χ2n) is 6.15. The zero-order chi connectivity index (χ0) is 22.6.